The van der Waals surface area contributed by atoms with E-state index in [1.54, 1.807) is 0 Å². The van der Waals surface area contributed by atoms with Gasteiger partial charge in [-0.25, -0.2) is 0 Å². The van der Waals surface area contributed by atoms with Gasteiger partial charge in [-0.2, -0.15) is 0 Å². The first-order valence-corrected chi connectivity index (χ1v) is 15.8. The van der Waals surface area contributed by atoms with Gasteiger partial charge in [0.1, 0.15) is 0 Å². The average molecular weight is 594 g/mol. The van der Waals surface area contributed by atoms with Gasteiger partial charge >= 0.3 is 0 Å². The topological polar surface area (TPSA) is 3.24 Å². The van der Waals surface area contributed by atoms with E-state index < -0.39 is 5.41 Å². The maximum Gasteiger partial charge on any atom is 0.0726 e. The van der Waals surface area contributed by atoms with E-state index in [9.17, 15) is 0 Å². The number of hydrogen-bond donors (Lipinski definition) is 0. The number of hydrogen-bond acceptors (Lipinski definition) is 1. The molecule has 0 aromatic heterocycles. The number of halogens is 1. The number of anilines is 3. The molecule has 0 radical (unpaired) electrons. The summed E-state index contributed by atoms with van der Waals surface area (Å²) >= 11 is 6.97. The lowest BCUT2D eigenvalue weighted by Gasteiger charge is -2.30. The van der Waals surface area contributed by atoms with Gasteiger partial charge in [0.2, 0.25) is 0 Å². The summed E-state index contributed by atoms with van der Waals surface area (Å²) in [5.41, 5.74) is 15.5. The molecule has 0 amide bonds. The minimum Gasteiger partial charge on any atom is -0.311 e. The monoisotopic (exact) mass is 593 g/mol. The summed E-state index contributed by atoms with van der Waals surface area (Å²) in [6.07, 6.45) is 0. The van der Waals surface area contributed by atoms with E-state index in [0.717, 1.165) is 27.6 Å². The fourth-order valence-electron chi connectivity index (χ4n) is 7.73. The molecule has 1 nitrogen and oxygen atoms in total. The molecule has 9 rings (SSSR count). The van der Waals surface area contributed by atoms with Gasteiger partial charge in [-0.15, -0.1) is 0 Å². The van der Waals surface area contributed by atoms with Crippen LogP contribution in [-0.4, -0.2) is 0 Å². The molecular weight excluding hydrogens is 566 g/mol. The van der Waals surface area contributed by atoms with E-state index in [1.807, 2.05) is 6.07 Å². The SMILES string of the molecule is Clc1cccc2c1-c1ccccc1C21c2ccccc2-c2ccc(-c3ccc(N(c4ccccc4)c4ccccc4)cc3)cc21. The second kappa shape index (κ2) is 10.1. The van der Waals surface area contributed by atoms with Gasteiger partial charge in [0.25, 0.3) is 0 Å². The predicted molar refractivity (Wildman–Crippen MR) is 188 cm³/mol. The van der Waals surface area contributed by atoms with Crippen LogP contribution in [0.4, 0.5) is 17.1 Å². The quantitative estimate of drug-likeness (QED) is 0.196. The molecule has 0 saturated carbocycles. The average Bonchev–Trinajstić information content (AvgIpc) is 3.57. The van der Waals surface area contributed by atoms with E-state index in [2.05, 4.69) is 169 Å². The Balaban J connectivity index is 1.21. The summed E-state index contributed by atoms with van der Waals surface area (Å²) in [6.45, 7) is 0. The number of benzene rings is 7. The first-order valence-electron chi connectivity index (χ1n) is 15.4. The first kappa shape index (κ1) is 26.1. The maximum atomic E-state index is 6.97. The summed E-state index contributed by atoms with van der Waals surface area (Å²) in [4.78, 5) is 2.30. The summed E-state index contributed by atoms with van der Waals surface area (Å²) in [6, 6.07) is 61.1. The van der Waals surface area contributed by atoms with Crippen LogP contribution in [0.3, 0.4) is 0 Å². The van der Waals surface area contributed by atoms with Gasteiger partial charge in [0, 0.05) is 27.6 Å². The van der Waals surface area contributed by atoms with Crippen LogP contribution in [0.1, 0.15) is 22.3 Å². The molecule has 45 heavy (non-hydrogen) atoms. The molecule has 1 spiro atoms. The number of rotatable bonds is 4. The molecule has 7 aromatic carbocycles. The normalized spacial score (nSPS) is 15.3. The third-order valence-electron chi connectivity index (χ3n) is 9.55. The van der Waals surface area contributed by atoms with E-state index in [1.165, 1.54) is 50.1 Å². The molecule has 0 N–H and O–H groups in total. The third-order valence-corrected chi connectivity index (χ3v) is 9.87. The zero-order chi connectivity index (χ0) is 30.0. The zero-order valence-corrected chi connectivity index (χ0v) is 25.2. The molecule has 0 heterocycles. The lowest BCUT2D eigenvalue weighted by atomic mass is 9.70. The van der Waals surface area contributed by atoms with Gasteiger partial charge in [-0.05, 0) is 98.6 Å². The Morgan fingerprint density at radius 2 is 0.889 bits per heavy atom. The van der Waals surface area contributed by atoms with Crippen molar-refractivity contribution < 1.29 is 0 Å². The molecular formula is C43H28ClN. The number of fused-ring (bicyclic) bond motifs is 10. The lowest BCUT2D eigenvalue weighted by Crippen LogP contribution is -2.25. The van der Waals surface area contributed by atoms with Crippen molar-refractivity contribution in [2.45, 2.75) is 5.41 Å². The minimum atomic E-state index is -0.421. The highest BCUT2D eigenvalue weighted by Gasteiger charge is 2.52. The Labute approximate surface area is 268 Å². The zero-order valence-electron chi connectivity index (χ0n) is 24.5. The smallest absolute Gasteiger partial charge is 0.0726 e. The second-order valence-corrected chi connectivity index (χ2v) is 12.2. The van der Waals surface area contributed by atoms with Crippen molar-refractivity contribution in [1.29, 1.82) is 0 Å². The predicted octanol–water partition coefficient (Wildman–Crippen LogP) is 11.8. The molecule has 0 fully saturated rings. The Hall–Kier alpha value is -5.37. The molecule has 212 valence electrons. The van der Waals surface area contributed by atoms with Crippen LogP contribution in [0.15, 0.2) is 170 Å². The molecule has 7 aromatic rings. The highest BCUT2D eigenvalue weighted by atomic mass is 35.5. The summed E-state index contributed by atoms with van der Waals surface area (Å²) in [5.74, 6) is 0. The Morgan fingerprint density at radius 3 is 1.58 bits per heavy atom. The van der Waals surface area contributed by atoms with Crippen molar-refractivity contribution in [3.05, 3.63) is 197 Å². The minimum absolute atomic E-state index is 0.421. The summed E-state index contributed by atoms with van der Waals surface area (Å²) < 4.78 is 0. The van der Waals surface area contributed by atoms with Crippen molar-refractivity contribution in [2.24, 2.45) is 0 Å². The molecule has 1 unspecified atom stereocenters. The van der Waals surface area contributed by atoms with E-state index in [-0.39, 0.29) is 0 Å². The van der Waals surface area contributed by atoms with Crippen LogP contribution in [0.5, 0.6) is 0 Å². The Kier molecular flexibility index (Phi) is 5.84. The third kappa shape index (κ3) is 3.75. The molecule has 2 aliphatic rings. The standard InChI is InChI=1S/C43H28ClN/c44-41-21-11-20-39-42(41)36-17-8-10-19-38(36)43(39)37-18-9-7-16-34(37)35-27-24-30(28-40(35)43)29-22-25-33(26-23-29)45(31-12-3-1-4-13-31)32-14-5-2-6-15-32/h1-28H. The van der Waals surface area contributed by atoms with Crippen molar-refractivity contribution in [3.8, 4) is 33.4 Å². The van der Waals surface area contributed by atoms with Crippen molar-refractivity contribution >= 4 is 28.7 Å². The molecule has 0 aliphatic heterocycles. The van der Waals surface area contributed by atoms with E-state index in [0.29, 0.717) is 0 Å². The highest BCUT2D eigenvalue weighted by Crippen LogP contribution is 2.64. The van der Waals surface area contributed by atoms with Crippen LogP contribution < -0.4 is 4.90 Å². The van der Waals surface area contributed by atoms with Crippen LogP contribution in [0.2, 0.25) is 5.02 Å². The van der Waals surface area contributed by atoms with Gasteiger partial charge in [-0.3, -0.25) is 0 Å². The van der Waals surface area contributed by atoms with Gasteiger partial charge < -0.3 is 4.90 Å². The molecule has 1 atom stereocenters. The molecule has 2 heteroatoms. The van der Waals surface area contributed by atoms with E-state index >= 15 is 0 Å². The van der Waals surface area contributed by atoms with Gasteiger partial charge in [-0.1, -0.05) is 133 Å². The van der Waals surface area contributed by atoms with Crippen LogP contribution >= 0.6 is 11.6 Å². The number of para-hydroxylation sites is 2. The van der Waals surface area contributed by atoms with Gasteiger partial charge in [0.05, 0.1) is 5.41 Å². The van der Waals surface area contributed by atoms with Crippen molar-refractivity contribution in [1.82, 2.24) is 0 Å². The second-order valence-electron chi connectivity index (χ2n) is 11.8. The molecule has 2 aliphatic carbocycles. The Morgan fingerprint density at radius 1 is 0.378 bits per heavy atom. The summed E-state index contributed by atoms with van der Waals surface area (Å²) in [7, 11) is 0. The Bertz CT molecular complexity index is 2180. The largest absolute Gasteiger partial charge is 0.311 e. The highest BCUT2D eigenvalue weighted by molar-refractivity contribution is 6.34. The molecule has 0 bridgehead atoms. The fraction of sp³-hybridized carbons (Fsp3) is 0.0233. The van der Waals surface area contributed by atoms with Crippen molar-refractivity contribution in [2.75, 3.05) is 4.90 Å². The number of nitrogens with zero attached hydrogens (tertiary/aromatic N) is 1. The fourth-order valence-corrected chi connectivity index (χ4v) is 8.00. The van der Waals surface area contributed by atoms with E-state index in [4.69, 9.17) is 11.6 Å². The van der Waals surface area contributed by atoms with Crippen LogP contribution in [0, 0.1) is 0 Å². The first-order chi connectivity index (χ1) is 22.2. The van der Waals surface area contributed by atoms with Gasteiger partial charge in [0.15, 0.2) is 0 Å². The lowest BCUT2D eigenvalue weighted by molar-refractivity contribution is 0.794. The van der Waals surface area contributed by atoms with Crippen molar-refractivity contribution in [3.63, 3.8) is 0 Å². The molecule has 0 saturated heterocycles. The summed E-state index contributed by atoms with van der Waals surface area (Å²) in [5, 5.41) is 0.802. The maximum absolute atomic E-state index is 6.97. The van der Waals surface area contributed by atoms with Crippen LogP contribution in [0.25, 0.3) is 33.4 Å². The van der Waals surface area contributed by atoms with Crippen LogP contribution in [-0.2, 0) is 5.41 Å².